The number of morpholine rings is 1. The third-order valence-corrected chi connectivity index (χ3v) is 6.66. The van der Waals surface area contributed by atoms with E-state index in [9.17, 15) is 31.5 Å². The van der Waals surface area contributed by atoms with E-state index in [0.29, 0.717) is 32.8 Å². The summed E-state index contributed by atoms with van der Waals surface area (Å²) in [4.78, 5) is 29.4. The summed E-state index contributed by atoms with van der Waals surface area (Å²) in [5, 5.41) is 5.72. The summed E-state index contributed by atoms with van der Waals surface area (Å²) in [5.41, 5.74) is -4.09. The van der Waals surface area contributed by atoms with E-state index in [-0.39, 0.29) is 24.4 Å². The normalized spacial score (nSPS) is 17.6. The fraction of sp³-hybridized carbons (Fsp3) is 0.519. The lowest BCUT2D eigenvalue weighted by Crippen LogP contribution is -2.38. The summed E-state index contributed by atoms with van der Waals surface area (Å²) in [6.45, 7) is 8.45. The van der Waals surface area contributed by atoms with Crippen LogP contribution in [0.1, 0.15) is 55.0 Å². The Morgan fingerprint density at radius 3 is 2.37 bits per heavy atom. The molecule has 0 radical (unpaired) electrons. The van der Waals surface area contributed by atoms with E-state index in [0.717, 1.165) is 23.2 Å². The number of hydrogen-bond acceptors (Lipinski definition) is 7. The molecule has 224 valence electrons. The van der Waals surface area contributed by atoms with E-state index in [1.165, 1.54) is 13.8 Å². The molecule has 41 heavy (non-hydrogen) atoms. The number of hydrogen-bond donors (Lipinski definition) is 1. The Morgan fingerprint density at radius 2 is 1.78 bits per heavy atom. The van der Waals surface area contributed by atoms with Crippen LogP contribution < -0.4 is 4.74 Å². The molecule has 1 amide bonds. The van der Waals surface area contributed by atoms with Crippen LogP contribution in [0.2, 0.25) is 0 Å². The Labute approximate surface area is 233 Å². The topological polar surface area (TPSA) is 97.0 Å². The number of ether oxygens (including phenoxy) is 3. The van der Waals surface area contributed by atoms with Crippen LogP contribution in [0.5, 0.6) is 5.75 Å². The predicted octanol–water partition coefficient (Wildman–Crippen LogP) is 4.14. The quantitative estimate of drug-likeness (QED) is 0.385. The van der Waals surface area contributed by atoms with Gasteiger partial charge in [-0.1, -0.05) is 13.8 Å². The molecule has 2 aromatic rings. The highest BCUT2D eigenvalue weighted by molar-refractivity contribution is 6.17. The molecule has 1 aromatic carbocycles. The summed E-state index contributed by atoms with van der Waals surface area (Å²) < 4.78 is 87.3. The number of rotatable bonds is 7. The van der Waals surface area contributed by atoms with Crippen LogP contribution in [0.15, 0.2) is 18.3 Å². The predicted molar refractivity (Wildman–Crippen MR) is 136 cm³/mol. The maximum atomic E-state index is 14.9. The number of nitrogens with zero attached hydrogens (tertiary/aromatic N) is 3. The number of aromatic nitrogens is 2. The molecule has 1 fully saturated rings. The van der Waals surface area contributed by atoms with E-state index in [1.54, 1.807) is 13.8 Å². The smallest absolute Gasteiger partial charge is 0.433 e. The molecule has 4 rings (SSSR count). The minimum Gasteiger partial charge on any atom is -0.486 e. The average Bonchev–Trinajstić information content (AvgIpc) is 3.30. The van der Waals surface area contributed by atoms with E-state index in [4.69, 9.17) is 14.2 Å². The first-order valence-electron chi connectivity index (χ1n) is 13.0. The van der Waals surface area contributed by atoms with Gasteiger partial charge in [0, 0.05) is 48.9 Å². The first-order chi connectivity index (χ1) is 19.2. The first kappa shape index (κ1) is 30.4. The summed E-state index contributed by atoms with van der Waals surface area (Å²) >= 11 is 0. The van der Waals surface area contributed by atoms with Crippen molar-refractivity contribution in [3.05, 3.63) is 52.5 Å². The van der Waals surface area contributed by atoms with Crippen LogP contribution in [0.4, 0.5) is 22.0 Å². The number of H-pyrrole nitrogens is 1. The Hall–Kier alpha value is -3.52. The standard InChI is InChI=1S/C27H31F5N4O5/c1-15(2)41-25(38)17-13-36(14-26(3,4)20-21(17)33-34-23(20)27(30,31)32)24(37)16-11-18(28)22(19(29)12-16)40-10-7-35-5-8-39-9-6-35/h11-13,15H,5-10,14H2,1-4H3,(H,33,34). The first-order valence-corrected chi connectivity index (χ1v) is 13.0. The Kier molecular flexibility index (Phi) is 8.73. The number of carbonyl (C=O) groups excluding carboxylic acids is 2. The van der Waals surface area contributed by atoms with Crippen molar-refractivity contribution in [2.24, 2.45) is 0 Å². The fourth-order valence-electron chi connectivity index (χ4n) is 4.81. The molecule has 2 aliphatic heterocycles. The van der Waals surface area contributed by atoms with Gasteiger partial charge in [-0.2, -0.15) is 18.3 Å². The van der Waals surface area contributed by atoms with Crippen LogP contribution in [0, 0.1) is 11.6 Å². The molecule has 3 heterocycles. The van der Waals surface area contributed by atoms with Gasteiger partial charge in [-0.05, 0) is 26.0 Å². The number of alkyl halides is 3. The maximum Gasteiger partial charge on any atom is 0.433 e. The van der Waals surface area contributed by atoms with Gasteiger partial charge < -0.3 is 19.1 Å². The third-order valence-electron chi connectivity index (χ3n) is 6.66. The van der Waals surface area contributed by atoms with Crippen LogP contribution in [-0.4, -0.2) is 84.0 Å². The molecule has 0 spiro atoms. The van der Waals surface area contributed by atoms with Gasteiger partial charge >= 0.3 is 12.1 Å². The Bertz CT molecular complexity index is 1310. The lowest BCUT2D eigenvalue weighted by Gasteiger charge is -2.30. The fourth-order valence-corrected chi connectivity index (χ4v) is 4.81. The van der Waals surface area contributed by atoms with Gasteiger partial charge in [-0.3, -0.25) is 14.8 Å². The zero-order chi connectivity index (χ0) is 30.1. The van der Waals surface area contributed by atoms with Crippen molar-refractivity contribution in [1.82, 2.24) is 20.0 Å². The van der Waals surface area contributed by atoms with Crippen molar-refractivity contribution < 1.29 is 45.8 Å². The van der Waals surface area contributed by atoms with Crippen molar-refractivity contribution in [1.29, 1.82) is 0 Å². The lowest BCUT2D eigenvalue weighted by molar-refractivity contribution is -0.142. The van der Waals surface area contributed by atoms with Gasteiger partial charge in [-0.25, -0.2) is 13.6 Å². The highest BCUT2D eigenvalue weighted by atomic mass is 19.4. The molecule has 0 unspecified atom stereocenters. The second kappa shape index (κ2) is 11.8. The number of halogens is 5. The molecular formula is C27H31F5N4O5. The Morgan fingerprint density at radius 1 is 1.15 bits per heavy atom. The van der Waals surface area contributed by atoms with Crippen LogP contribution in [0.3, 0.4) is 0 Å². The molecule has 1 saturated heterocycles. The van der Waals surface area contributed by atoms with Crippen LogP contribution >= 0.6 is 0 Å². The molecular weight excluding hydrogens is 555 g/mol. The molecule has 9 nitrogen and oxygen atoms in total. The van der Waals surface area contributed by atoms with Crippen molar-refractivity contribution in [3.63, 3.8) is 0 Å². The SMILES string of the molecule is CC(C)OC(=O)C1=CN(C(=O)c2cc(F)c(OCCN3CCOCC3)c(F)c2)CC(C)(C)c2c1n[nH]c2C(F)(F)F. The molecule has 2 aliphatic rings. The molecule has 14 heteroatoms. The minimum atomic E-state index is -4.84. The second-order valence-corrected chi connectivity index (χ2v) is 10.7. The van der Waals surface area contributed by atoms with Gasteiger partial charge in [0.1, 0.15) is 23.6 Å². The largest absolute Gasteiger partial charge is 0.486 e. The van der Waals surface area contributed by atoms with Crippen molar-refractivity contribution in [2.45, 2.75) is 45.4 Å². The van der Waals surface area contributed by atoms with Gasteiger partial charge in [0.25, 0.3) is 5.91 Å². The average molecular weight is 587 g/mol. The van der Waals surface area contributed by atoms with E-state index in [1.807, 2.05) is 10.00 Å². The van der Waals surface area contributed by atoms with Crippen LogP contribution in [-0.2, 0) is 25.9 Å². The molecule has 0 bridgehead atoms. The number of nitrogens with one attached hydrogen (secondary N) is 1. The summed E-state index contributed by atoms with van der Waals surface area (Å²) in [7, 11) is 0. The zero-order valence-electron chi connectivity index (χ0n) is 23.0. The monoisotopic (exact) mass is 586 g/mol. The van der Waals surface area contributed by atoms with Gasteiger partial charge in [0.05, 0.1) is 19.3 Å². The number of benzene rings is 1. The van der Waals surface area contributed by atoms with Crippen molar-refractivity contribution in [3.8, 4) is 5.75 Å². The number of esters is 1. The Balaban J connectivity index is 1.65. The molecule has 0 atom stereocenters. The zero-order valence-corrected chi connectivity index (χ0v) is 23.0. The second-order valence-electron chi connectivity index (χ2n) is 10.7. The number of fused-ring (bicyclic) bond motifs is 1. The van der Waals surface area contributed by atoms with E-state index < -0.39 is 63.8 Å². The summed E-state index contributed by atoms with van der Waals surface area (Å²) in [5.74, 6) is -4.87. The minimum absolute atomic E-state index is 0.00168. The highest BCUT2D eigenvalue weighted by Gasteiger charge is 2.46. The summed E-state index contributed by atoms with van der Waals surface area (Å²) in [6, 6.07) is 1.57. The lowest BCUT2D eigenvalue weighted by atomic mass is 9.81. The van der Waals surface area contributed by atoms with Crippen LogP contribution in [0.25, 0.3) is 5.57 Å². The number of carbonyl (C=O) groups is 2. The maximum absolute atomic E-state index is 14.9. The van der Waals surface area contributed by atoms with E-state index >= 15 is 0 Å². The van der Waals surface area contributed by atoms with E-state index in [2.05, 4.69) is 5.10 Å². The number of amides is 1. The molecule has 0 saturated carbocycles. The van der Waals surface area contributed by atoms with Gasteiger partial charge in [0.15, 0.2) is 17.4 Å². The van der Waals surface area contributed by atoms with Gasteiger partial charge in [0.2, 0.25) is 0 Å². The summed E-state index contributed by atoms with van der Waals surface area (Å²) in [6.07, 6.45) is -4.47. The number of aromatic amines is 1. The highest BCUT2D eigenvalue weighted by Crippen LogP contribution is 2.42. The molecule has 1 N–H and O–H groups in total. The molecule has 1 aromatic heterocycles. The molecule has 0 aliphatic carbocycles. The van der Waals surface area contributed by atoms with Crippen molar-refractivity contribution >= 4 is 17.4 Å². The van der Waals surface area contributed by atoms with Crippen molar-refractivity contribution in [2.75, 3.05) is 46.0 Å². The third kappa shape index (κ3) is 6.70. The van der Waals surface area contributed by atoms with Gasteiger partial charge in [-0.15, -0.1) is 0 Å².